The van der Waals surface area contributed by atoms with Gasteiger partial charge in [-0.15, -0.1) is 10.2 Å². The zero-order valence-electron chi connectivity index (χ0n) is 78.0. The smallest absolute Gasteiger partial charge is 0.326 e. The molecule has 14 aromatic rings. The van der Waals surface area contributed by atoms with Gasteiger partial charge in [0.05, 0.1) is 122 Å². The topological polar surface area (TPSA) is 674 Å². The van der Waals surface area contributed by atoms with Crippen molar-refractivity contribution in [2.75, 3.05) is 35.5 Å². The van der Waals surface area contributed by atoms with E-state index in [0.717, 1.165) is 12.1 Å². The molecule has 0 radical (unpaired) electrons. The zero-order valence-corrected chi connectivity index (χ0v) is 81.3. The van der Waals surface area contributed by atoms with Crippen molar-refractivity contribution in [1.82, 2.24) is 29.9 Å². The number of aliphatic hydroxyl groups excluding tert-OH is 2. The summed E-state index contributed by atoms with van der Waals surface area (Å²) in [5, 5.41) is 125. The Morgan fingerprint density at radius 1 is 0.336 bits per heavy atom. The van der Waals surface area contributed by atoms with Crippen LogP contribution in [0, 0.1) is 27.7 Å². The van der Waals surface area contributed by atoms with Crippen molar-refractivity contribution in [2.45, 2.75) is 111 Å². The summed E-state index contributed by atoms with van der Waals surface area (Å²) in [6.07, 6.45) is -2.17. The van der Waals surface area contributed by atoms with Gasteiger partial charge in [0, 0.05) is 41.8 Å². The standard InChI is InChI=1S/C96H88N26O20S4/c1-54-41-59(61(53-123)45-79(54)119-113-66-25-21-64(22-26-66)109-111-68-29-35-72(36-30-68)143(129,130)131)46-89-101-90(47-60-42-55(2)81(51-85(60)141-6)121-117-75-39-33-70(48-87(75)145(135,136)137)115-107-62-15-10-8-11-16-62)103-93(102-89)97-77(91(125)126)19-14-20-78(92(127)128)98-94-104-95(99-83-43-56(3)80(50-74(83)58(5)124)120-114-67-27-23-65(24-28-67)110-112-69-31-37-73(38-32-69)144(132,133)134)106-96(105-94)100-84-44-57(4)82(52-86(84)142-7)122-118-76-40-34-71(49-88(76)146(138,139)140)116-108-63-17-12-9-13-18-63/h8-13,15-18,21-45,48-52,58,77-78,123-124H,14,19-20,46-47,53H2,1-7H3,(H,125,126)(H,127,128)(H,129,130,131)(H,132,133,134)(H,135,136,137)(H,138,139,140)(H,97,101,102,103)(H3,98,99,100,104,105,106). The molecule has 50 heteroatoms. The molecular weight excluding hydrogens is 1970 g/mol. The van der Waals surface area contributed by atoms with Gasteiger partial charge in [-0.3, -0.25) is 18.2 Å². The van der Waals surface area contributed by atoms with E-state index < -0.39 is 87.0 Å². The molecule has 0 bridgehead atoms. The highest BCUT2D eigenvalue weighted by Crippen LogP contribution is 2.42. The Kier molecular flexibility index (Phi) is 33.4. The first-order chi connectivity index (χ1) is 69.7. The second-order valence-corrected chi connectivity index (χ2v) is 37.8. The minimum Gasteiger partial charge on any atom is -0.496 e. The van der Waals surface area contributed by atoms with Crippen molar-refractivity contribution in [3.05, 3.63) is 299 Å². The van der Waals surface area contributed by atoms with E-state index in [4.69, 9.17) is 24.4 Å². The Bertz CT molecular complexity index is 8010. The molecule has 0 amide bonds. The number of aliphatic hydroxyl groups is 2. The van der Waals surface area contributed by atoms with Crippen LogP contribution in [0.15, 0.2) is 344 Å². The van der Waals surface area contributed by atoms with Crippen molar-refractivity contribution in [1.29, 1.82) is 0 Å². The first kappa shape index (κ1) is 105. The maximum atomic E-state index is 13.6. The monoisotopic (exact) mass is 2050 g/mol. The van der Waals surface area contributed by atoms with Gasteiger partial charge in [-0.05, 0) is 275 Å². The molecule has 0 fully saturated rings. The summed E-state index contributed by atoms with van der Waals surface area (Å²) in [5.74, 6) is -3.50. The van der Waals surface area contributed by atoms with Crippen LogP contribution >= 0.6 is 0 Å². The number of carbonyl (C=O) groups is 2. The fraction of sp³-hybridized carbons (Fsp3) is 0.167. The van der Waals surface area contributed by atoms with E-state index in [2.05, 4.69) is 118 Å². The van der Waals surface area contributed by atoms with Crippen LogP contribution in [0.1, 0.15) is 88.4 Å². The van der Waals surface area contributed by atoms with E-state index in [9.17, 15) is 81.9 Å². The molecule has 2 aromatic heterocycles. The number of aromatic nitrogens is 6. The number of anilines is 6. The molecule has 0 spiro atoms. The minimum absolute atomic E-state index is 0.0591. The largest absolute Gasteiger partial charge is 0.496 e. The van der Waals surface area contributed by atoms with Crippen molar-refractivity contribution >= 4 is 179 Å². The number of hydrogen-bond acceptors (Lipinski definition) is 40. The molecular formula is C96H88N26O20S4. The van der Waals surface area contributed by atoms with Gasteiger partial charge in [0.25, 0.3) is 40.5 Å². The first-order valence-corrected chi connectivity index (χ1v) is 49.5. The highest BCUT2D eigenvalue weighted by atomic mass is 32.2. The van der Waals surface area contributed by atoms with Crippen molar-refractivity contribution in [3.63, 3.8) is 0 Å². The molecule has 0 aliphatic rings. The quantitative estimate of drug-likeness (QED) is 0.0125. The summed E-state index contributed by atoms with van der Waals surface area (Å²) >= 11 is 0. The molecule has 12 aromatic carbocycles. The number of aryl methyl sites for hydroxylation is 4. The molecule has 3 unspecified atom stereocenters. The van der Waals surface area contributed by atoms with Crippen molar-refractivity contribution in [2.24, 2.45) is 81.8 Å². The fourth-order valence-corrected chi connectivity index (χ4v) is 16.3. The summed E-state index contributed by atoms with van der Waals surface area (Å²) in [5.41, 5.74) is 7.93. The molecule has 2 heterocycles. The number of aliphatic carboxylic acids is 2. The van der Waals surface area contributed by atoms with E-state index in [1.165, 1.54) is 106 Å². The lowest BCUT2D eigenvalue weighted by Crippen LogP contribution is -2.33. The number of azo groups is 8. The molecule has 146 heavy (non-hydrogen) atoms. The van der Waals surface area contributed by atoms with Gasteiger partial charge in [0.15, 0.2) is 0 Å². The molecule has 0 saturated carbocycles. The molecule has 0 aliphatic heterocycles. The number of rotatable bonds is 42. The molecule has 746 valence electrons. The number of nitrogens with zero attached hydrogens (tertiary/aromatic N) is 22. The van der Waals surface area contributed by atoms with Crippen molar-refractivity contribution in [3.8, 4) is 11.5 Å². The van der Waals surface area contributed by atoms with E-state index in [1.54, 1.807) is 173 Å². The van der Waals surface area contributed by atoms with Gasteiger partial charge in [0.2, 0.25) is 23.8 Å². The predicted molar refractivity (Wildman–Crippen MR) is 534 cm³/mol. The van der Waals surface area contributed by atoms with Gasteiger partial charge in [-0.25, -0.2) is 14.6 Å². The van der Waals surface area contributed by atoms with E-state index in [1.807, 2.05) is 0 Å². The SMILES string of the molecule is COc1cc(N=Nc2ccc(N=Nc3ccccc3)cc2S(=O)(=O)O)c(C)cc1Cc1nc(Cc2cc(C)c(N=Nc3ccc(N=Nc4ccc(S(=O)(=O)O)cc4)cc3)cc2CO)nc(NC(CCCC(Nc2nc(Nc3cc(C)c(N=Nc4ccc(N=Nc5ccccc5)cc4S(=O)(=O)O)cc3OC)nc(Nc3cc(C)c(N=Nc4ccc(N=Nc5ccc(S(=O)(=O)O)cc5)cc4)cc3C(C)O)n2)C(=O)O)C(=O)O)n1. The third-order valence-electron chi connectivity index (χ3n) is 21.5. The Hall–Kier alpha value is -17.2. The van der Waals surface area contributed by atoms with Crippen LogP contribution < -0.4 is 30.7 Å². The van der Waals surface area contributed by atoms with Gasteiger partial charge < -0.3 is 51.2 Å². The summed E-state index contributed by atoms with van der Waals surface area (Å²) in [6, 6.07) is 57.7. The molecule has 46 nitrogen and oxygen atoms in total. The highest BCUT2D eigenvalue weighted by Gasteiger charge is 2.28. The molecule has 3 atom stereocenters. The Morgan fingerprint density at radius 3 is 1.05 bits per heavy atom. The summed E-state index contributed by atoms with van der Waals surface area (Å²) in [6.45, 7) is 7.78. The van der Waals surface area contributed by atoms with Crippen LogP contribution in [0.2, 0.25) is 0 Å². The Morgan fingerprint density at radius 2 is 0.658 bits per heavy atom. The van der Waals surface area contributed by atoms with Crippen LogP contribution in [-0.4, -0.2) is 140 Å². The average Bonchev–Trinajstić information content (AvgIpc) is 0.795. The number of carboxylic acids is 2. The van der Waals surface area contributed by atoms with Crippen LogP contribution in [0.5, 0.6) is 11.5 Å². The highest BCUT2D eigenvalue weighted by molar-refractivity contribution is 7.86. The van der Waals surface area contributed by atoms with Gasteiger partial charge >= 0.3 is 11.9 Å². The van der Waals surface area contributed by atoms with Crippen LogP contribution in [-0.2, 0) is 69.5 Å². The zero-order chi connectivity index (χ0) is 104. The lowest BCUT2D eigenvalue weighted by atomic mass is 10.00. The van der Waals surface area contributed by atoms with Crippen LogP contribution in [0.25, 0.3) is 0 Å². The van der Waals surface area contributed by atoms with Gasteiger partial charge in [-0.2, -0.15) is 130 Å². The maximum Gasteiger partial charge on any atom is 0.326 e. The van der Waals surface area contributed by atoms with Gasteiger partial charge in [0.1, 0.15) is 56.4 Å². The fourth-order valence-electron chi connectivity index (χ4n) is 14.0. The van der Waals surface area contributed by atoms with Gasteiger partial charge in [-0.1, -0.05) is 42.5 Å². The second kappa shape index (κ2) is 46.7. The number of carboxylic acid groups (broad SMARTS) is 2. The third kappa shape index (κ3) is 28.6. The van der Waals surface area contributed by atoms with Crippen LogP contribution in [0.4, 0.5) is 126 Å². The molecule has 12 N–H and O–H groups in total. The summed E-state index contributed by atoms with van der Waals surface area (Å²) in [7, 11) is -15.9. The summed E-state index contributed by atoms with van der Waals surface area (Å²) < 4.78 is 148. The van der Waals surface area contributed by atoms with E-state index in [-0.39, 0.29) is 140 Å². The predicted octanol–water partition coefficient (Wildman–Crippen LogP) is 23.4. The first-order valence-electron chi connectivity index (χ1n) is 43.7. The number of hydrogen-bond donors (Lipinski definition) is 12. The summed E-state index contributed by atoms with van der Waals surface area (Å²) in [4.78, 5) is 53.6. The van der Waals surface area contributed by atoms with E-state index in [0.29, 0.717) is 95.8 Å². The number of nitrogens with one attached hydrogen (secondary N) is 4. The normalized spacial score (nSPS) is 12.9. The Balaban J connectivity index is 0.745. The Labute approximate surface area is 833 Å². The number of benzene rings is 12. The van der Waals surface area contributed by atoms with Crippen LogP contribution in [0.3, 0.4) is 0 Å². The molecule has 0 saturated heterocycles. The third-order valence-corrected chi connectivity index (χ3v) is 25.0. The lowest BCUT2D eigenvalue weighted by Gasteiger charge is -2.19. The maximum absolute atomic E-state index is 13.6. The molecule has 14 rings (SSSR count). The number of methoxy groups -OCH3 is 2. The van der Waals surface area contributed by atoms with E-state index >= 15 is 0 Å². The minimum atomic E-state index is -4.91. The van der Waals surface area contributed by atoms with Crippen molar-refractivity contribution < 1.29 is 91.4 Å². The number of ether oxygens (including phenoxy) is 2. The lowest BCUT2D eigenvalue weighted by molar-refractivity contribution is -0.138. The molecule has 0 aliphatic carbocycles. The average molecular weight is 2050 g/mol. The second-order valence-electron chi connectivity index (χ2n) is 32.2.